The minimum absolute atomic E-state index is 0.227. The molecule has 0 atom stereocenters. The summed E-state index contributed by atoms with van der Waals surface area (Å²) in [4.78, 5) is 19.6. The van der Waals surface area contributed by atoms with E-state index in [1.54, 1.807) is 0 Å². The molecule has 5 nitrogen and oxygen atoms in total. The summed E-state index contributed by atoms with van der Waals surface area (Å²) in [6.07, 6.45) is 0. The third-order valence-electron chi connectivity index (χ3n) is 1.94. The van der Waals surface area contributed by atoms with E-state index in [0.717, 1.165) is 23.9 Å². The van der Waals surface area contributed by atoms with Crippen molar-refractivity contribution in [3.05, 3.63) is 17.6 Å². The highest BCUT2D eigenvalue weighted by Crippen LogP contribution is 2.12. The van der Waals surface area contributed by atoms with E-state index >= 15 is 0 Å². The molecule has 0 unspecified atom stereocenters. The first-order valence-corrected chi connectivity index (χ1v) is 6.54. The number of anilines is 1. The minimum Gasteiger partial charge on any atom is -0.468 e. The van der Waals surface area contributed by atoms with E-state index in [-0.39, 0.29) is 5.97 Å². The summed E-state index contributed by atoms with van der Waals surface area (Å²) >= 11 is 1.45. The first-order chi connectivity index (χ1) is 8.15. The van der Waals surface area contributed by atoms with Crippen LogP contribution in [0, 0.1) is 6.92 Å². The monoisotopic (exact) mass is 255 g/mol. The van der Waals surface area contributed by atoms with Crippen LogP contribution in [0.1, 0.15) is 18.4 Å². The molecule has 0 radical (unpaired) electrons. The number of hydrogen-bond acceptors (Lipinski definition) is 6. The molecular weight excluding hydrogens is 238 g/mol. The van der Waals surface area contributed by atoms with E-state index in [1.165, 1.54) is 18.9 Å². The van der Waals surface area contributed by atoms with Crippen LogP contribution in [0.4, 0.5) is 5.82 Å². The number of aromatic nitrogens is 2. The fourth-order valence-corrected chi connectivity index (χ4v) is 1.95. The molecule has 1 N–H and O–H groups in total. The van der Waals surface area contributed by atoms with Gasteiger partial charge < -0.3 is 10.1 Å². The fraction of sp³-hybridized carbons (Fsp3) is 0.545. The van der Waals surface area contributed by atoms with Gasteiger partial charge in [-0.1, -0.05) is 0 Å². The van der Waals surface area contributed by atoms with Crippen LogP contribution in [0.5, 0.6) is 0 Å². The quantitative estimate of drug-likeness (QED) is 0.779. The predicted molar refractivity (Wildman–Crippen MR) is 69.1 cm³/mol. The van der Waals surface area contributed by atoms with Gasteiger partial charge in [-0.3, -0.25) is 4.79 Å². The standard InChI is InChI=1S/C11H17N3O2S/c1-4-12-9-5-8(2)13-10(14-9)6-17-7-11(15)16-3/h5H,4,6-7H2,1-3H3,(H,12,13,14). The van der Waals surface area contributed by atoms with Crippen LogP contribution in [0.2, 0.25) is 0 Å². The fourth-order valence-electron chi connectivity index (χ4n) is 1.25. The number of rotatable bonds is 6. The summed E-state index contributed by atoms with van der Waals surface area (Å²) in [5.41, 5.74) is 0.921. The molecule has 17 heavy (non-hydrogen) atoms. The molecular formula is C11H17N3O2S. The number of methoxy groups -OCH3 is 1. The number of carbonyl (C=O) groups excluding carboxylic acids is 1. The van der Waals surface area contributed by atoms with Gasteiger partial charge in [-0.25, -0.2) is 9.97 Å². The third-order valence-corrected chi connectivity index (χ3v) is 2.84. The molecule has 0 amide bonds. The lowest BCUT2D eigenvalue weighted by Crippen LogP contribution is -2.06. The van der Waals surface area contributed by atoms with Crippen molar-refractivity contribution in [3.63, 3.8) is 0 Å². The minimum atomic E-state index is -0.227. The Morgan fingerprint density at radius 1 is 1.53 bits per heavy atom. The molecule has 0 aliphatic carbocycles. The lowest BCUT2D eigenvalue weighted by Gasteiger charge is -2.06. The Morgan fingerprint density at radius 2 is 2.29 bits per heavy atom. The Hall–Kier alpha value is -1.30. The molecule has 94 valence electrons. The van der Waals surface area contributed by atoms with E-state index in [4.69, 9.17) is 0 Å². The molecule has 6 heteroatoms. The zero-order valence-corrected chi connectivity index (χ0v) is 11.1. The first-order valence-electron chi connectivity index (χ1n) is 5.38. The van der Waals surface area contributed by atoms with E-state index < -0.39 is 0 Å². The van der Waals surface area contributed by atoms with Crippen molar-refractivity contribution in [2.75, 3.05) is 24.7 Å². The summed E-state index contributed by atoms with van der Waals surface area (Å²) in [6, 6.07) is 1.90. The highest BCUT2D eigenvalue weighted by molar-refractivity contribution is 7.99. The Kier molecular flexibility index (Phi) is 5.76. The second-order valence-electron chi connectivity index (χ2n) is 3.41. The maximum Gasteiger partial charge on any atom is 0.315 e. The Bertz CT molecular complexity index is 385. The van der Waals surface area contributed by atoms with E-state index in [9.17, 15) is 4.79 Å². The number of nitrogens with zero attached hydrogens (tertiary/aromatic N) is 2. The number of thioether (sulfide) groups is 1. The van der Waals surface area contributed by atoms with Gasteiger partial charge in [-0.05, 0) is 13.8 Å². The predicted octanol–water partition coefficient (Wildman–Crippen LogP) is 1.62. The van der Waals surface area contributed by atoms with Crippen molar-refractivity contribution < 1.29 is 9.53 Å². The van der Waals surface area contributed by atoms with Gasteiger partial charge in [0.25, 0.3) is 0 Å². The average molecular weight is 255 g/mol. The third kappa shape index (κ3) is 5.04. The van der Waals surface area contributed by atoms with Gasteiger partial charge >= 0.3 is 5.97 Å². The molecule has 0 aliphatic rings. The molecule has 1 heterocycles. The summed E-state index contributed by atoms with van der Waals surface area (Å²) in [5, 5.41) is 3.15. The number of aryl methyl sites for hydroxylation is 1. The van der Waals surface area contributed by atoms with Crippen LogP contribution in [0.3, 0.4) is 0 Å². The van der Waals surface area contributed by atoms with Crippen molar-refractivity contribution in [2.45, 2.75) is 19.6 Å². The highest BCUT2D eigenvalue weighted by atomic mass is 32.2. The molecule has 1 aromatic heterocycles. The van der Waals surface area contributed by atoms with Crippen molar-refractivity contribution in [3.8, 4) is 0 Å². The Labute approximate surface area is 105 Å². The number of ether oxygens (including phenoxy) is 1. The second kappa shape index (κ2) is 7.11. The SMILES string of the molecule is CCNc1cc(C)nc(CSCC(=O)OC)n1. The largest absolute Gasteiger partial charge is 0.468 e. The molecule has 0 saturated heterocycles. The molecule has 0 spiro atoms. The summed E-state index contributed by atoms with van der Waals surface area (Å²) in [6.45, 7) is 4.77. The van der Waals surface area contributed by atoms with E-state index in [0.29, 0.717) is 11.5 Å². The van der Waals surface area contributed by atoms with Crippen LogP contribution in [0.25, 0.3) is 0 Å². The maximum atomic E-state index is 10.9. The molecule has 0 bridgehead atoms. The average Bonchev–Trinajstić information content (AvgIpc) is 2.28. The van der Waals surface area contributed by atoms with Crippen LogP contribution in [0.15, 0.2) is 6.07 Å². The van der Waals surface area contributed by atoms with Gasteiger partial charge in [-0.2, -0.15) is 0 Å². The van der Waals surface area contributed by atoms with E-state index in [1.807, 2.05) is 19.9 Å². The van der Waals surface area contributed by atoms with Crippen molar-refractivity contribution >= 4 is 23.5 Å². The summed E-state index contributed by atoms with van der Waals surface area (Å²) in [5.74, 6) is 2.26. The number of carbonyl (C=O) groups is 1. The molecule has 0 saturated carbocycles. The summed E-state index contributed by atoms with van der Waals surface area (Å²) in [7, 11) is 1.38. The Morgan fingerprint density at radius 3 is 2.94 bits per heavy atom. The van der Waals surface area contributed by atoms with Gasteiger partial charge in [0.05, 0.1) is 18.6 Å². The van der Waals surface area contributed by atoms with Crippen molar-refractivity contribution in [1.29, 1.82) is 0 Å². The lowest BCUT2D eigenvalue weighted by molar-refractivity contribution is -0.137. The van der Waals surface area contributed by atoms with Gasteiger partial charge in [0, 0.05) is 18.3 Å². The molecule has 0 aliphatic heterocycles. The second-order valence-corrected chi connectivity index (χ2v) is 4.40. The number of hydrogen-bond donors (Lipinski definition) is 1. The smallest absolute Gasteiger partial charge is 0.315 e. The highest BCUT2D eigenvalue weighted by Gasteiger charge is 2.04. The molecule has 0 aromatic carbocycles. The normalized spacial score (nSPS) is 10.1. The lowest BCUT2D eigenvalue weighted by atomic mass is 10.4. The van der Waals surface area contributed by atoms with Gasteiger partial charge in [0.2, 0.25) is 0 Å². The zero-order valence-electron chi connectivity index (χ0n) is 10.3. The van der Waals surface area contributed by atoms with Crippen LogP contribution < -0.4 is 5.32 Å². The molecule has 0 fully saturated rings. The topological polar surface area (TPSA) is 64.1 Å². The van der Waals surface area contributed by atoms with Crippen LogP contribution in [-0.4, -0.2) is 35.3 Å². The number of esters is 1. The zero-order chi connectivity index (χ0) is 12.7. The van der Waals surface area contributed by atoms with E-state index in [2.05, 4.69) is 20.0 Å². The number of nitrogens with one attached hydrogen (secondary N) is 1. The van der Waals surface area contributed by atoms with Crippen LogP contribution >= 0.6 is 11.8 Å². The Balaban J connectivity index is 2.55. The van der Waals surface area contributed by atoms with Crippen LogP contribution in [-0.2, 0) is 15.3 Å². The van der Waals surface area contributed by atoms with Crippen molar-refractivity contribution in [2.24, 2.45) is 0 Å². The summed E-state index contributed by atoms with van der Waals surface area (Å²) < 4.78 is 4.56. The van der Waals surface area contributed by atoms with Gasteiger partial charge in [0.15, 0.2) is 0 Å². The van der Waals surface area contributed by atoms with Crippen molar-refractivity contribution in [1.82, 2.24) is 9.97 Å². The van der Waals surface area contributed by atoms with Gasteiger partial charge in [0.1, 0.15) is 11.6 Å². The maximum absolute atomic E-state index is 10.9. The molecule has 1 aromatic rings. The first kappa shape index (κ1) is 13.8. The molecule has 1 rings (SSSR count). The van der Waals surface area contributed by atoms with Gasteiger partial charge in [-0.15, -0.1) is 11.8 Å².